The number of benzene rings is 2. The highest BCUT2D eigenvalue weighted by Gasteiger charge is 2.50. The van der Waals surface area contributed by atoms with Crippen molar-refractivity contribution in [1.82, 2.24) is 10.2 Å². The van der Waals surface area contributed by atoms with Gasteiger partial charge in [-0.1, -0.05) is 0 Å². The van der Waals surface area contributed by atoms with Crippen LogP contribution in [0.25, 0.3) is 0 Å². The van der Waals surface area contributed by atoms with Crippen LogP contribution in [0.2, 0.25) is 0 Å². The lowest BCUT2D eigenvalue weighted by molar-refractivity contribution is -0.135. The molecule has 0 bridgehead atoms. The summed E-state index contributed by atoms with van der Waals surface area (Å²) in [6.07, 6.45) is -0.903. The van der Waals surface area contributed by atoms with Gasteiger partial charge in [-0.05, 0) is 55.5 Å². The fraction of sp³-hybridized carbons (Fsp3) is 0.316. The minimum atomic E-state index is -4.15. The minimum absolute atomic E-state index is 0.113. The number of hydrogen-bond donors (Lipinski definition) is 3. The van der Waals surface area contributed by atoms with Crippen LogP contribution in [0.1, 0.15) is 13.3 Å². The number of ether oxygens (including phenoxy) is 3. The molecule has 0 radical (unpaired) electrons. The standard InChI is InChI=1S/C19H21FN2O7S/c1-2-27-17-11-19(12-28-17,18(23)21-24)22-30(25,26)16-9-7-15(8-10-16)29-14-5-3-13(20)4-6-14/h3-10,17,22,24H,2,11-12H2,1H3,(H,21,23). The summed E-state index contributed by atoms with van der Waals surface area (Å²) in [6.45, 7) is 1.73. The van der Waals surface area contributed by atoms with Crippen molar-refractivity contribution in [1.29, 1.82) is 0 Å². The van der Waals surface area contributed by atoms with Crippen molar-refractivity contribution in [2.24, 2.45) is 0 Å². The molecule has 0 saturated carbocycles. The molecule has 9 nitrogen and oxygen atoms in total. The molecule has 3 rings (SSSR count). The molecule has 1 fully saturated rings. The number of halogens is 1. The van der Waals surface area contributed by atoms with Gasteiger partial charge in [0.05, 0.1) is 11.5 Å². The highest BCUT2D eigenvalue weighted by atomic mass is 32.2. The Kier molecular flexibility index (Phi) is 6.68. The largest absolute Gasteiger partial charge is 0.457 e. The third kappa shape index (κ3) is 4.94. The Labute approximate surface area is 172 Å². The Morgan fingerprint density at radius 2 is 1.80 bits per heavy atom. The van der Waals surface area contributed by atoms with Gasteiger partial charge >= 0.3 is 0 Å². The molecule has 2 aromatic carbocycles. The van der Waals surface area contributed by atoms with Gasteiger partial charge in [-0.3, -0.25) is 10.0 Å². The van der Waals surface area contributed by atoms with Gasteiger partial charge in [0.1, 0.15) is 22.9 Å². The van der Waals surface area contributed by atoms with Gasteiger partial charge in [0.2, 0.25) is 10.0 Å². The molecule has 1 amide bonds. The second-order valence-corrected chi connectivity index (χ2v) is 8.24. The summed E-state index contributed by atoms with van der Waals surface area (Å²) in [5.41, 5.74) is -0.249. The van der Waals surface area contributed by atoms with E-state index in [1.165, 1.54) is 54.0 Å². The van der Waals surface area contributed by atoms with Crippen LogP contribution in [0.15, 0.2) is 53.4 Å². The van der Waals surface area contributed by atoms with Gasteiger partial charge in [0, 0.05) is 13.0 Å². The zero-order valence-electron chi connectivity index (χ0n) is 16.0. The van der Waals surface area contributed by atoms with E-state index in [1.807, 2.05) is 0 Å². The normalized spacial score (nSPS) is 21.4. The minimum Gasteiger partial charge on any atom is -0.457 e. The first-order valence-corrected chi connectivity index (χ1v) is 10.5. The topological polar surface area (TPSA) is 123 Å². The fourth-order valence-electron chi connectivity index (χ4n) is 2.95. The molecule has 11 heteroatoms. The summed E-state index contributed by atoms with van der Waals surface area (Å²) in [5.74, 6) is -0.638. The van der Waals surface area contributed by atoms with Crippen molar-refractivity contribution in [3.63, 3.8) is 0 Å². The van der Waals surface area contributed by atoms with Crippen molar-refractivity contribution in [3.8, 4) is 11.5 Å². The fourth-order valence-corrected chi connectivity index (χ4v) is 4.32. The molecule has 2 aromatic rings. The smallest absolute Gasteiger partial charge is 0.267 e. The van der Waals surface area contributed by atoms with E-state index >= 15 is 0 Å². The Balaban J connectivity index is 1.76. The number of hydroxylamine groups is 1. The number of sulfonamides is 1. The highest BCUT2D eigenvalue weighted by molar-refractivity contribution is 7.89. The third-order valence-corrected chi connectivity index (χ3v) is 5.98. The number of rotatable bonds is 8. The SMILES string of the molecule is CCOC1CC(NS(=O)(=O)c2ccc(Oc3ccc(F)cc3)cc2)(C(=O)NO)CO1. The van der Waals surface area contributed by atoms with Crippen LogP contribution < -0.4 is 14.9 Å². The summed E-state index contributed by atoms with van der Waals surface area (Å²) in [7, 11) is -4.15. The molecule has 0 spiro atoms. The first-order valence-electron chi connectivity index (χ1n) is 9.03. The van der Waals surface area contributed by atoms with Crippen molar-refractivity contribution >= 4 is 15.9 Å². The van der Waals surface area contributed by atoms with Gasteiger partial charge in [0.15, 0.2) is 6.29 Å². The molecular formula is C19H21FN2O7S. The zero-order valence-corrected chi connectivity index (χ0v) is 16.8. The van der Waals surface area contributed by atoms with Crippen LogP contribution >= 0.6 is 0 Å². The molecule has 1 heterocycles. The third-order valence-electron chi connectivity index (χ3n) is 4.43. The Morgan fingerprint density at radius 1 is 1.20 bits per heavy atom. The van der Waals surface area contributed by atoms with Crippen LogP contribution in [0.5, 0.6) is 11.5 Å². The average Bonchev–Trinajstić information content (AvgIpc) is 3.13. The van der Waals surface area contributed by atoms with Crippen molar-refractivity contribution in [3.05, 3.63) is 54.3 Å². The second kappa shape index (κ2) is 9.06. The lowest BCUT2D eigenvalue weighted by Gasteiger charge is -2.26. The summed E-state index contributed by atoms with van der Waals surface area (Å²) in [4.78, 5) is 12.1. The van der Waals surface area contributed by atoms with Crippen LogP contribution in [-0.4, -0.2) is 44.6 Å². The van der Waals surface area contributed by atoms with E-state index in [4.69, 9.17) is 19.4 Å². The van der Waals surface area contributed by atoms with Crippen molar-refractivity contribution < 1.29 is 37.0 Å². The van der Waals surface area contributed by atoms with Gasteiger partial charge < -0.3 is 14.2 Å². The molecule has 0 aliphatic carbocycles. The Bertz CT molecular complexity index is 983. The lowest BCUT2D eigenvalue weighted by Crippen LogP contribution is -2.59. The molecule has 162 valence electrons. The molecule has 1 saturated heterocycles. The van der Waals surface area contributed by atoms with Gasteiger partial charge in [-0.15, -0.1) is 0 Å². The van der Waals surface area contributed by atoms with Crippen molar-refractivity contribution in [2.45, 2.75) is 30.1 Å². The first kappa shape index (κ1) is 22.1. The maximum Gasteiger partial charge on any atom is 0.267 e. The van der Waals surface area contributed by atoms with E-state index in [2.05, 4.69) is 4.72 Å². The summed E-state index contributed by atoms with van der Waals surface area (Å²) in [5, 5.41) is 9.07. The average molecular weight is 440 g/mol. The maximum atomic E-state index is 13.0. The summed E-state index contributed by atoms with van der Waals surface area (Å²) < 4.78 is 57.1. The van der Waals surface area contributed by atoms with Crippen LogP contribution in [0.4, 0.5) is 4.39 Å². The molecule has 0 aromatic heterocycles. The maximum absolute atomic E-state index is 13.0. The molecular weight excluding hydrogens is 419 g/mol. The summed E-state index contributed by atoms with van der Waals surface area (Å²) in [6, 6.07) is 10.8. The van der Waals surface area contributed by atoms with E-state index in [0.717, 1.165) is 0 Å². The van der Waals surface area contributed by atoms with Crippen LogP contribution in [0, 0.1) is 5.82 Å². The monoisotopic (exact) mass is 440 g/mol. The molecule has 2 atom stereocenters. The predicted molar refractivity (Wildman–Crippen MR) is 102 cm³/mol. The Morgan fingerprint density at radius 3 is 2.37 bits per heavy atom. The molecule has 2 unspecified atom stereocenters. The molecule has 1 aliphatic heterocycles. The van der Waals surface area contributed by atoms with Crippen LogP contribution in [-0.2, 0) is 24.3 Å². The number of hydrogen-bond acceptors (Lipinski definition) is 7. The van der Waals surface area contributed by atoms with E-state index in [9.17, 15) is 17.6 Å². The summed E-state index contributed by atoms with van der Waals surface area (Å²) >= 11 is 0. The lowest BCUT2D eigenvalue weighted by atomic mass is 9.99. The number of carbonyl (C=O) groups excluding carboxylic acids is 1. The van der Waals surface area contributed by atoms with E-state index in [-0.39, 0.29) is 17.9 Å². The molecule has 3 N–H and O–H groups in total. The Hall–Kier alpha value is -2.57. The predicted octanol–water partition coefficient (Wildman–Crippen LogP) is 1.92. The van der Waals surface area contributed by atoms with Crippen molar-refractivity contribution in [2.75, 3.05) is 13.2 Å². The first-order chi connectivity index (χ1) is 14.3. The van der Waals surface area contributed by atoms with Crippen LogP contribution in [0.3, 0.4) is 0 Å². The van der Waals surface area contributed by atoms with E-state index in [0.29, 0.717) is 18.1 Å². The highest BCUT2D eigenvalue weighted by Crippen LogP contribution is 2.29. The van der Waals surface area contributed by atoms with Gasteiger partial charge in [-0.25, -0.2) is 18.3 Å². The van der Waals surface area contributed by atoms with Gasteiger partial charge in [0.25, 0.3) is 5.91 Å². The van der Waals surface area contributed by atoms with E-state index in [1.54, 1.807) is 6.92 Å². The number of amides is 1. The number of carbonyl (C=O) groups is 1. The molecule has 1 aliphatic rings. The quantitative estimate of drug-likeness (QED) is 0.423. The van der Waals surface area contributed by atoms with E-state index < -0.39 is 33.6 Å². The molecule has 30 heavy (non-hydrogen) atoms. The zero-order chi connectivity index (χ0) is 21.8. The number of nitrogens with one attached hydrogen (secondary N) is 2. The van der Waals surface area contributed by atoms with Gasteiger partial charge in [-0.2, -0.15) is 4.72 Å². The second-order valence-electron chi connectivity index (χ2n) is 6.56.